The molecule has 0 aliphatic heterocycles. The summed E-state index contributed by atoms with van der Waals surface area (Å²) in [5, 5.41) is -6.48. The van der Waals surface area contributed by atoms with E-state index in [1.165, 1.54) is 0 Å². The predicted molar refractivity (Wildman–Crippen MR) is 31.9 cm³/mol. The van der Waals surface area contributed by atoms with Gasteiger partial charge in [0.1, 0.15) is 0 Å². The SMILES string of the molecule is O=P(O)(F)OS(=O)(=O)C(F)(F)C(F)(F)F. The van der Waals surface area contributed by atoms with Crippen molar-refractivity contribution in [2.24, 2.45) is 0 Å². The summed E-state index contributed by atoms with van der Waals surface area (Å²) in [6.07, 6.45) is -6.60. The van der Waals surface area contributed by atoms with E-state index in [9.17, 15) is 39.1 Å². The van der Waals surface area contributed by atoms with Gasteiger partial charge in [0.2, 0.25) is 0 Å². The normalized spacial score (nSPS) is 18.6. The fourth-order valence-corrected chi connectivity index (χ4v) is 1.94. The lowest BCUT2D eigenvalue weighted by molar-refractivity contribution is -0.243. The predicted octanol–water partition coefficient (Wildman–Crippen LogP) is 1.56. The molecule has 0 aromatic carbocycles. The molecule has 15 heavy (non-hydrogen) atoms. The minimum absolute atomic E-state index is 2.16. The molecule has 0 saturated heterocycles. The highest BCUT2D eigenvalue weighted by molar-refractivity contribution is 7.91. The minimum atomic E-state index is -6.92. The van der Waals surface area contributed by atoms with Gasteiger partial charge in [-0.3, -0.25) is 4.89 Å². The Bertz CT molecular complexity index is 377. The maximum absolute atomic E-state index is 12.0. The van der Waals surface area contributed by atoms with Gasteiger partial charge in [-0.05, 0) is 0 Å². The number of hydrogen-bond donors (Lipinski definition) is 1. The first-order valence-corrected chi connectivity index (χ1v) is 5.51. The van der Waals surface area contributed by atoms with Gasteiger partial charge in [0.15, 0.2) is 0 Å². The van der Waals surface area contributed by atoms with Crippen LogP contribution in [-0.2, 0) is 18.7 Å². The van der Waals surface area contributed by atoms with E-state index < -0.39 is 29.5 Å². The van der Waals surface area contributed by atoms with Crippen molar-refractivity contribution in [3.8, 4) is 0 Å². The third-order valence-electron chi connectivity index (χ3n) is 0.834. The lowest BCUT2D eigenvalue weighted by Crippen LogP contribution is -2.44. The molecule has 13 heteroatoms. The second-order valence-electron chi connectivity index (χ2n) is 1.99. The summed E-state index contributed by atoms with van der Waals surface area (Å²) >= 11 is 0. The summed E-state index contributed by atoms with van der Waals surface area (Å²) in [5.74, 6) is 0. The summed E-state index contributed by atoms with van der Waals surface area (Å²) in [7, 11) is -13.4. The van der Waals surface area contributed by atoms with Gasteiger partial charge in [-0.1, -0.05) is 0 Å². The molecule has 0 spiro atoms. The third kappa shape index (κ3) is 3.33. The van der Waals surface area contributed by atoms with E-state index in [4.69, 9.17) is 4.89 Å². The Morgan fingerprint density at radius 3 is 1.67 bits per heavy atom. The van der Waals surface area contributed by atoms with Crippen LogP contribution in [0, 0.1) is 0 Å². The van der Waals surface area contributed by atoms with Crippen molar-refractivity contribution in [3.63, 3.8) is 0 Å². The smallest absolute Gasteiger partial charge is 0.298 e. The largest absolute Gasteiger partial charge is 0.525 e. The zero-order valence-corrected chi connectivity index (χ0v) is 7.91. The van der Waals surface area contributed by atoms with Gasteiger partial charge in [0.05, 0.1) is 0 Å². The lowest BCUT2D eigenvalue weighted by Gasteiger charge is -2.18. The van der Waals surface area contributed by atoms with Crippen molar-refractivity contribution in [3.05, 3.63) is 0 Å². The van der Waals surface area contributed by atoms with Crippen LogP contribution in [0.1, 0.15) is 0 Å². The Kier molecular flexibility index (Phi) is 3.53. The van der Waals surface area contributed by atoms with Crippen LogP contribution >= 0.6 is 7.91 Å². The van der Waals surface area contributed by atoms with E-state index in [-0.39, 0.29) is 0 Å². The topological polar surface area (TPSA) is 80.7 Å². The van der Waals surface area contributed by atoms with E-state index in [2.05, 4.69) is 3.97 Å². The third-order valence-corrected chi connectivity index (χ3v) is 3.21. The fraction of sp³-hybridized carbons (Fsp3) is 1.00. The van der Waals surface area contributed by atoms with Crippen molar-refractivity contribution < 1.29 is 48.0 Å². The molecule has 0 aromatic rings. The van der Waals surface area contributed by atoms with E-state index in [0.29, 0.717) is 0 Å². The number of alkyl halides is 5. The van der Waals surface area contributed by atoms with Crippen molar-refractivity contribution in [1.29, 1.82) is 0 Å². The average Bonchev–Trinajstić information content (AvgIpc) is 1.77. The van der Waals surface area contributed by atoms with Gasteiger partial charge in [-0.25, -0.2) is 4.57 Å². The van der Waals surface area contributed by atoms with Gasteiger partial charge in [-0.2, -0.15) is 34.3 Å². The Morgan fingerprint density at radius 2 is 1.47 bits per heavy atom. The molecule has 5 nitrogen and oxygen atoms in total. The summed E-state index contributed by atoms with van der Waals surface area (Å²) in [5.41, 5.74) is 0. The number of rotatable bonds is 3. The highest BCUT2D eigenvalue weighted by Crippen LogP contribution is 2.51. The molecule has 1 N–H and O–H groups in total. The summed E-state index contributed by atoms with van der Waals surface area (Å²) in [6.45, 7) is 0. The monoisotopic (exact) mass is 282 g/mol. The van der Waals surface area contributed by atoms with Crippen LogP contribution in [0.25, 0.3) is 0 Å². The molecule has 0 amide bonds. The Morgan fingerprint density at radius 1 is 1.13 bits per heavy atom. The Hall–Kier alpha value is -0.320. The summed E-state index contributed by atoms with van der Waals surface area (Å²) < 4.78 is 102. The molecule has 92 valence electrons. The first kappa shape index (κ1) is 14.7. The quantitative estimate of drug-likeness (QED) is 0.627. The Balaban J connectivity index is 5.33. The molecule has 0 fully saturated rings. The van der Waals surface area contributed by atoms with Crippen LogP contribution < -0.4 is 0 Å². The fourth-order valence-electron chi connectivity index (χ4n) is 0.310. The van der Waals surface area contributed by atoms with Crippen LogP contribution in [0.5, 0.6) is 0 Å². The molecule has 0 aliphatic rings. The summed E-state index contributed by atoms with van der Waals surface area (Å²) in [4.78, 5) is 7.57. The molecule has 0 aliphatic carbocycles. The molecular formula is C2HF6O5PS. The molecule has 0 aromatic heterocycles. The van der Waals surface area contributed by atoms with E-state index >= 15 is 0 Å². The molecule has 1 unspecified atom stereocenters. The zero-order valence-electron chi connectivity index (χ0n) is 6.20. The van der Waals surface area contributed by atoms with Crippen molar-refractivity contribution in [2.75, 3.05) is 0 Å². The molecule has 0 heterocycles. The van der Waals surface area contributed by atoms with Crippen LogP contribution in [0.4, 0.5) is 26.1 Å². The minimum Gasteiger partial charge on any atom is -0.298 e. The number of hydrogen-bond acceptors (Lipinski definition) is 4. The maximum Gasteiger partial charge on any atom is 0.525 e. The molecule has 0 rings (SSSR count). The highest BCUT2D eigenvalue weighted by atomic mass is 32.2. The van der Waals surface area contributed by atoms with E-state index in [0.717, 1.165) is 0 Å². The van der Waals surface area contributed by atoms with Gasteiger partial charge < -0.3 is 0 Å². The van der Waals surface area contributed by atoms with Crippen LogP contribution in [0.15, 0.2) is 0 Å². The second-order valence-corrected chi connectivity index (χ2v) is 4.91. The molecular weight excluding hydrogens is 281 g/mol. The zero-order chi connectivity index (χ0) is 12.7. The lowest BCUT2D eigenvalue weighted by atomic mass is 10.7. The van der Waals surface area contributed by atoms with E-state index in [1.807, 2.05) is 0 Å². The van der Waals surface area contributed by atoms with Gasteiger partial charge in [-0.15, -0.1) is 4.20 Å². The summed E-state index contributed by atoms with van der Waals surface area (Å²) in [6, 6.07) is 0. The second kappa shape index (κ2) is 3.61. The van der Waals surface area contributed by atoms with Crippen LogP contribution in [0.2, 0.25) is 0 Å². The van der Waals surface area contributed by atoms with Gasteiger partial charge >= 0.3 is 29.5 Å². The average molecular weight is 282 g/mol. The molecule has 0 radical (unpaired) electrons. The molecule has 0 bridgehead atoms. The van der Waals surface area contributed by atoms with Crippen molar-refractivity contribution >= 4 is 18.0 Å². The first-order chi connectivity index (χ1) is 6.21. The number of halogens is 6. The highest BCUT2D eigenvalue weighted by Gasteiger charge is 2.69. The van der Waals surface area contributed by atoms with Crippen LogP contribution in [0.3, 0.4) is 0 Å². The van der Waals surface area contributed by atoms with Crippen molar-refractivity contribution in [1.82, 2.24) is 0 Å². The van der Waals surface area contributed by atoms with E-state index in [1.54, 1.807) is 0 Å². The molecule has 0 saturated carbocycles. The first-order valence-electron chi connectivity index (χ1n) is 2.63. The standard InChI is InChI=1S/C2HF6O5PS/c3-1(4,5)2(6,7)15(11,12)13-14(8,9)10/h(H,9,10). The maximum atomic E-state index is 12.0. The molecule has 1 atom stereocenters. The van der Waals surface area contributed by atoms with Gasteiger partial charge in [0, 0.05) is 0 Å². The Labute approximate surface area is 78.4 Å². The van der Waals surface area contributed by atoms with Gasteiger partial charge in [0.25, 0.3) is 0 Å². The van der Waals surface area contributed by atoms with Crippen LogP contribution in [-0.4, -0.2) is 24.7 Å². The van der Waals surface area contributed by atoms with Crippen molar-refractivity contribution in [2.45, 2.75) is 11.4 Å².